The van der Waals surface area contributed by atoms with Crippen molar-refractivity contribution in [3.63, 3.8) is 0 Å². The summed E-state index contributed by atoms with van der Waals surface area (Å²) in [5, 5.41) is 8.64. The molecule has 5 nitrogen and oxygen atoms in total. The van der Waals surface area contributed by atoms with Gasteiger partial charge in [-0.2, -0.15) is 0 Å². The van der Waals surface area contributed by atoms with Gasteiger partial charge in [-0.15, -0.1) is 11.3 Å². The maximum atomic E-state index is 11.8. The fourth-order valence-corrected chi connectivity index (χ4v) is 3.52. The van der Waals surface area contributed by atoms with Crippen LogP contribution in [0.1, 0.15) is 58.7 Å². The minimum Gasteiger partial charge on any atom is -0.444 e. The molecular formula is C16H27N3O2S. The minimum absolute atomic E-state index is 0.248. The quantitative estimate of drug-likeness (QED) is 0.870. The van der Waals surface area contributed by atoms with Gasteiger partial charge in [0.2, 0.25) is 0 Å². The second-order valence-electron chi connectivity index (χ2n) is 6.98. The van der Waals surface area contributed by atoms with E-state index in [0.717, 1.165) is 18.5 Å². The highest BCUT2D eigenvalue weighted by molar-refractivity contribution is 7.07. The van der Waals surface area contributed by atoms with Crippen molar-refractivity contribution in [2.45, 2.75) is 64.6 Å². The third-order valence-corrected chi connectivity index (χ3v) is 4.53. The number of thiazole rings is 1. The molecule has 0 saturated heterocycles. The van der Waals surface area contributed by atoms with Gasteiger partial charge in [0.05, 0.1) is 11.2 Å². The predicted octanol–water partition coefficient (Wildman–Crippen LogP) is 3.49. The van der Waals surface area contributed by atoms with Crippen molar-refractivity contribution in [1.29, 1.82) is 0 Å². The van der Waals surface area contributed by atoms with Crippen molar-refractivity contribution >= 4 is 17.4 Å². The van der Waals surface area contributed by atoms with Crippen molar-refractivity contribution < 1.29 is 9.53 Å². The first kappa shape index (κ1) is 17.2. The molecule has 1 aliphatic rings. The maximum Gasteiger partial charge on any atom is 0.407 e. The summed E-state index contributed by atoms with van der Waals surface area (Å²) in [6.45, 7) is 8.44. The minimum atomic E-state index is -0.448. The normalized spacial score (nSPS) is 23.3. The Hall–Kier alpha value is -1.14. The Labute approximate surface area is 136 Å². The smallest absolute Gasteiger partial charge is 0.407 e. The van der Waals surface area contributed by atoms with Gasteiger partial charge in [-0.05, 0) is 46.5 Å². The van der Waals surface area contributed by atoms with Crippen LogP contribution in [0.25, 0.3) is 0 Å². The van der Waals surface area contributed by atoms with Crippen LogP contribution in [-0.4, -0.2) is 29.3 Å². The van der Waals surface area contributed by atoms with Gasteiger partial charge >= 0.3 is 6.09 Å². The summed E-state index contributed by atoms with van der Waals surface area (Å²) in [4.78, 5) is 16.1. The van der Waals surface area contributed by atoms with Gasteiger partial charge in [-0.25, -0.2) is 9.78 Å². The van der Waals surface area contributed by atoms with Gasteiger partial charge in [-0.3, -0.25) is 0 Å². The van der Waals surface area contributed by atoms with Crippen LogP contribution in [0.4, 0.5) is 4.79 Å². The number of rotatable bonds is 5. The van der Waals surface area contributed by atoms with Crippen LogP contribution < -0.4 is 10.6 Å². The second-order valence-corrected chi connectivity index (χ2v) is 7.70. The molecule has 1 amide bonds. The topological polar surface area (TPSA) is 63.2 Å². The molecule has 0 spiro atoms. The van der Waals surface area contributed by atoms with E-state index < -0.39 is 5.60 Å². The standard InChI is InChI=1S/C16H27N3O2S/c1-11(14-9-22-10-18-14)19-13-7-5-6-12(13)8-17-15(20)21-16(2,3)4/h9-13,19H,5-8H2,1-4H3,(H,17,20). The molecule has 3 unspecified atom stereocenters. The monoisotopic (exact) mass is 325 g/mol. The average molecular weight is 325 g/mol. The number of alkyl carbamates (subject to hydrolysis) is 1. The van der Waals surface area contributed by atoms with Crippen LogP contribution in [0.5, 0.6) is 0 Å². The van der Waals surface area contributed by atoms with Crippen molar-refractivity contribution in [2.24, 2.45) is 5.92 Å². The number of hydrogen-bond donors (Lipinski definition) is 2. The van der Waals surface area contributed by atoms with Gasteiger partial charge < -0.3 is 15.4 Å². The molecule has 124 valence electrons. The van der Waals surface area contributed by atoms with Crippen molar-refractivity contribution in [3.8, 4) is 0 Å². The zero-order valence-electron chi connectivity index (χ0n) is 13.9. The number of hydrogen-bond acceptors (Lipinski definition) is 5. The highest BCUT2D eigenvalue weighted by atomic mass is 32.1. The summed E-state index contributed by atoms with van der Waals surface area (Å²) in [5.41, 5.74) is 2.51. The Bertz CT molecular complexity index is 470. The van der Waals surface area contributed by atoms with Gasteiger partial charge in [-0.1, -0.05) is 6.42 Å². The first-order chi connectivity index (χ1) is 10.3. The first-order valence-corrected chi connectivity index (χ1v) is 8.90. The lowest BCUT2D eigenvalue weighted by atomic mass is 10.0. The molecule has 0 bridgehead atoms. The Balaban J connectivity index is 1.79. The largest absolute Gasteiger partial charge is 0.444 e. The zero-order valence-corrected chi connectivity index (χ0v) is 14.7. The van der Waals surface area contributed by atoms with Crippen LogP contribution >= 0.6 is 11.3 Å². The summed E-state index contributed by atoms with van der Waals surface area (Å²) < 4.78 is 5.29. The van der Waals surface area contributed by atoms with E-state index >= 15 is 0 Å². The lowest BCUT2D eigenvalue weighted by Crippen LogP contribution is -2.41. The average Bonchev–Trinajstić information content (AvgIpc) is 3.05. The highest BCUT2D eigenvalue weighted by Gasteiger charge is 2.29. The maximum absolute atomic E-state index is 11.8. The molecule has 1 fully saturated rings. The van der Waals surface area contributed by atoms with E-state index in [9.17, 15) is 4.79 Å². The molecule has 0 radical (unpaired) electrons. The first-order valence-electron chi connectivity index (χ1n) is 7.96. The van der Waals surface area contributed by atoms with Crippen LogP contribution in [0, 0.1) is 5.92 Å². The van der Waals surface area contributed by atoms with E-state index in [0.29, 0.717) is 18.5 Å². The van der Waals surface area contributed by atoms with E-state index in [1.807, 2.05) is 26.3 Å². The van der Waals surface area contributed by atoms with Gasteiger partial charge in [0.25, 0.3) is 0 Å². The Morgan fingerprint density at radius 2 is 2.27 bits per heavy atom. The fraction of sp³-hybridized carbons (Fsp3) is 0.750. The summed E-state index contributed by atoms with van der Waals surface area (Å²) >= 11 is 1.62. The van der Waals surface area contributed by atoms with Gasteiger partial charge in [0.15, 0.2) is 0 Å². The third kappa shape index (κ3) is 5.25. The van der Waals surface area contributed by atoms with Crippen LogP contribution in [0.3, 0.4) is 0 Å². The zero-order chi connectivity index (χ0) is 16.2. The lowest BCUT2D eigenvalue weighted by Gasteiger charge is -2.25. The summed E-state index contributed by atoms with van der Waals surface area (Å²) in [6.07, 6.45) is 3.15. The molecule has 1 aromatic heterocycles. The molecular weight excluding hydrogens is 298 g/mol. The number of amides is 1. The second kappa shape index (κ2) is 7.42. The SMILES string of the molecule is CC(NC1CCCC1CNC(=O)OC(C)(C)C)c1cscn1. The molecule has 3 atom stereocenters. The van der Waals surface area contributed by atoms with Crippen molar-refractivity contribution in [1.82, 2.24) is 15.6 Å². The van der Waals surface area contributed by atoms with E-state index in [1.54, 1.807) is 11.3 Å². The summed E-state index contributed by atoms with van der Waals surface area (Å²) in [5.74, 6) is 0.452. The molecule has 0 aliphatic heterocycles. The molecule has 6 heteroatoms. The van der Waals surface area contributed by atoms with Gasteiger partial charge in [0, 0.05) is 24.0 Å². The molecule has 1 aromatic rings. The molecule has 0 aromatic carbocycles. The van der Waals surface area contributed by atoms with E-state index in [2.05, 4.69) is 27.9 Å². The van der Waals surface area contributed by atoms with Crippen molar-refractivity contribution in [3.05, 3.63) is 16.6 Å². The molecule has 22 heavy (non-hydrogen) atoms. The molecule has 1 aliphatic carbocycles. The number of ether oxygens (including phenoxy) is 1. The number of carbonyl (C=O) groups excluding carboxylic acids is 1. The number of nitrogens with one attached hydrogen (secondary N) is 2. The Morgan fingerprint density at radius 1 is 1.50 bits per heavy atom. The highest BCUT2D eigenvalue weighted by Crippen LogP contribution is 2.27. The van der Waals surface area contributed by atoms with Crippen molar-refractivity contribution in [2.75, 3.05) is 6.54 Å². The number of nitrogens with zero attached hydrogens (tertiary/aromatic N) is 1. The van der Waals surface area contributed by atoms with E-state index in [-0.39, 0.29) is 12.1 Å². The fourth-order valence-electron chi connectivity index (χ4n) is 2.87. The van der Waals surface area contributed by atoms with Crippen LogP contribution in [-0.2, 0) is 4.74 Å². The third-order valence-electron chi connectivity index (χ3n) is 3.93. The van der Waals surface area contributed by atoms with Crippen LogP contribution in [0.2, 0.25) is 0 Å². The summed E-state index contributed by atoms with van der Waals surface area (Å²) in [6, 6.07) is 0.671. The van der Waals surface area contributed by atoms with Gasteiger partial charge in [0.1, 0.15) is 5.60 Å². The number of carbonyl (C=O) groups is 1. The molecule has 2 rings (SSSR count). The van der Waals surface area contributed by atoms with E-state index in [4.69, 9.17) is 4.74 Å². The lowest BCUT2D eigenvalue weighted by molar-refractivity contribution is 0.0517. The number of aromatic nitrogens is 1. The Kier molecular flexibility index (Phi) is 5.81. The predicted molar refractivity (Wildman–Crippen MR) is 89.0 cm³/mol. The summed E-state index contributed by atoms with van der Waals surface area (Å²) in [7, 11) is 0. The molecule has 1 saturated carbocycles. The van der Waals surface area contributed by atoms with Crippen LogP contribution in [0.15, 0.2) is 10.9 Å². The molecule has 1 heterocycles. The Morgan fingerprint density at radius 3 is 2.91 bits per heavy atom. The van der Waals surface area contributed by atoms with E-state index in [1.165, 1.54) is 6.42 Å². The molecule has 2 N–H and O–H groups in total.